The average molecular weight is 339 g/mol. The van der Waals surface area contributed by atoms with Gasteiger partial charge in [-0.05, 0) is 24.5 Å². The maximum absolute atomic E-state index is 13.2. The first-order chi connectivity index (χ1) is 12.1. The van der Waals surface area contributed by atoms with Crippen molar-refractivity contribution in [3.63, 3.8) is 0 Å². The summed E-state index contributed by atoms with van der Waals surface area (Å²) in [5.41, 5.74) is 0.242. The molecule has 7 nitrogen and oxygen atoms in total. The highest BCUT2D eigenvalue weighted by Gasteiger charge is 2.43. The molecule has 0 aliphatic carbocycles. The lowest BCUT2D eigenvalue weighted by molar-refractivity contribution is -0.131. The molecule has 0 unspecified atom stereocenters. The Morgan fingerprint density at radius 3 is 2.48 bits per heavy atom. The van der Waals surface area contributed by atoms with Crippen molar-refractivity contribution in [2.75, 3.05) is 18.4 Å². The van der Waals surface area contributed by atoms with Crippen LogP contribution in [0.3, 0.4) is 0 Å². The van der Waals surface area contributed by atoms with Gasteiger partial charge in [0.1, 0.15) is 6.33 Å². The second-order valence-corrected chi connectivity index (χ2v) is 6.20. The largest absolute Gasteiger partial charge is 0.339 e. The zero-order valence-electron chi connectivity index (χ0n) is 14.2. The van der Waals surface area contributed by atoms with Crippen LogP contribution in [0.25, 0.3) is 0 Å². The Bertz CT molecular complexity index is 776. The van der Waals surface area contributed by atoms with Gasteiger partial charge in [0.2, 0.25) is 17.8 Å². The van der Waals surface area contributed by atoms with Gasteiger partial charge in [0.05, 0.1) is 5.41 Å². The first-order valence-corrected chi connectivity index (χ1v) is 8.19. The number of anilines is 1. The Kier molecular flexibility index (Phi) is 4.65. The van der Waals surface area contributed by atoms with E-state index in [1.54, 1.807) is 16.5 Å². The van der Waals surface area contributed by atoms with Gasteiger partial charge in [-0.3, -0.25) is 14.9 Å². The van der Waals surface area contributed by atoms with Crippen LogP contribution < -0.4 is 5.32 Å². The molecule has 3 rings (SSSR count). The summed E-state index contributed by atoms with van der Waals surface area (Å²) in [5, 5.41) is 10.6. The molecule has 2 aromatic rings. The number of aromatic nitrogens is 3. The Morgan fingerprint density at radius 1 is 1.24 bits per heavy atom. The number of benzene rings is 1. The number of carbonyl (C=O) groups excluding carboxylic acids is 2. The number of likely N-dealkylation sites (tertiary alicyclic amines) is 1. The van der Waals surface area contributed by atoms with E-state index in [0.29, 0.717) is 31.9 Å². The van der Waals surface area contributed by atoms with E-state index in [2.05, 4.69) is 22.1 Å². The van der Waals surface area contributed by atoms with Gasteiger partial charge in [-0.15, -0.1) is 10.2 Å². The fourth-order valence-electron chi connectivity index (χ4n) is 3.26. The van der Waals surface area contributed by atoms with E-state index in [-0.39, 0.29) is 11.8 Å². The highest BCUT2D eigenvalue weighted by atomic mass is 16.2. The van der Waals surface area contributed by atoms with Gasteiger partial charge in [-0.25, -0.2) is 0 Å². The second-order valence-electron chi connectivity index (χ2n) is 6.20. The third kappa shape index (κ3) is 3.17. The number of amides is 2. The van der Waals surface area contributed by atoms with Crippen LogP contribution in [0.1, 0.15) is 18.4 Å². The summed E-state index contributed by atoms with van der Waals surface area (Å²) in [4.78, 5) is 26.8. The second kappa shape index (κ2) is 6.88. The lowest BCUT2D eigenvalue weighted by Gasteiger charge is -2.40. The topological polar surface area (TPSA) is 80.1 Å². The molecule has 0 bridgehead atoms. The van der Waals surface area contributed by atoms with E-state index in [9.17, 15) is 9.59 Å². The Hall–Kier alpha value is -2.96. The standard InChI is InChI=1S/C18H21N5O2/c1-3-15(24)23-11-9-18(10-12-23,14-7-5-4-6-8-14)16(25)20-17-21-19-13-22(17)2/h3-8,13H,1,9-12H2,2H3,(H,20,21,25). The minimum Gasteiger partial charge on any atom is -0.339 e. The summed E-state index contributed by atoms with van der Waals surface area (Å²) < 4.78 is 1.66. The summed E-state index contributed by atoms with van der Waals surface area (Å²) in [6, 6.07) is 9.69. The van der Waals surface area contributed by atoms with Crippen LogP contribution in [0, 0.1) is 0 Å². The zero-order valence-corrected chi connectivity index (χ0v) is 14.2. The highest BCUT2D eigenvalue weighted by Crippen LogP contribution is 2.36. The third-order valence-corrected chi connectivity index (χ3v) is 4.80. The lowest BCUT2D eigenvalue weighted by Crippen LogP contribution is -2.50. The number of nitrogens with zero attached hydrogens (tertiary/aromatic N) is 4. The van der Waals surface area contributed by atoms with Crippen molar-refractivity contribution < 1.29 is 9.59 Å². The molecule has 1 aliphatic rings. The number of hydrogen-bond donors (Lipinski definition) is 1. The van der Waals surface area contributed by atoms with Gasteiger partial charge in [0.25, 0.3) is 0 Å². The minimum absolute atomic E-state index is 0.102. The summed E-state index contributed by atoms with van der Waals surface area (Å²) in [5.74, 6) is 0.181. The first kappa shape index (κ1) is 16.9. The van der Waals surface area contributed by atoms with Crippen LogP contribution in [0.4, 0.5) is 5.95 Å². The molecule has 0 atom stereocenters. The molecule has 1 aliphatic heterocycles. The van der Waals surface area contributed by atoms with Gasteiger partial charge in [-0.1, -0.05) is 36.9 Å². The van der Waals surface area contributed by atoms with Crippen LogP contribution in [0.15, 0.2) is 49.3 Å². The zero-order chi connectivity index (χ0) is 17.9. The fourth-order valence-corrected chi connectivity index (χ4v) is 3.26. The molecular formula is C18H21N5O2. The molecule has 0 saturated carbocycles. The molecule has 7 heteroatoms. The molecule has 1 N–H and O–H groups in total. The first-order valence-electron chi connectivity index (χ1n) is 8.19. The van der Waals surface area contributed by atoms with Crippen molar-refractivity contribution in [3.05, 3.63) is 54.9 Å². The van der Waals surface area contributed by atoms with Crippen molar-refractivity contribution in [2.45, 2.75) is 18.3 Å². The van der Waals surface area contributed by atoms with Crippen LogP contribution in [0.5, 0.6) is 0 Å². The lowest BCUT2D eigenvalue weighted by atomic mass is 9.72. The monoisotopic (exact) mass is 339 g/mol. The third-order valence-electron chi connectivity index (χ3n) is 4.80. The molecule has 0 radical (unpaired) electrons. The van der Waals surface area contributed by atoms with Gasteiger partial charge in [0, 0.05) is 20.1 Å². The number of piperidine rings is 1. The van der Waals surface area contributed by atoms with Gasteiger partial charge >= 0.3 is 0 Å². The molecule has 1 aromatic carbocycles. The summed E-state index contributed by atoms with van der Waals surface area (Å²) >= 11 is 0. The maximum Gasteiger partial charge on any atom is 0.245 e. The summed E-state index contributed by atoms with van der Waals surface area (Å²) in [6.45, 7) is 4.55. The number of rotatable bonds is 4. The maximum atomic E-state index is 13.2. The van der Waals surface area contributed by atoms with E-state index in [0.717, 1.165) is 5.56 Å². The van der Waals surface area contributed by atoms with E-state index in [1.807, 2.05) is 30.3 Å². The molecule has 1 aromatic heterocycles. The van der Waals surface area contributed by atoms with Crippen molar-refractivity contribution in [1.29, 1.82) is 0 Å². The molecule has 0 spiro atoms. The summed E-state index contributed by atoms with van der Waals surface area (Å²) in [7, 11) is 1.77. The van der Waals surface area contributed by atoms with Crippen LogP contribution in [-0.4, -0.2) is 44.6 Å². The molecular weight excluding hydrogens is 318 g/mol. The highest BCUT2D eigenvalue weighted by molar-refractivity contribution is 5.98. The molecule has 2 amide bonds. The molecule has 2 heterocycles. The van der Waals surface area contributed by atoms with E-state index >= 15 is 0 Å². The predicted octanol–water partition coefficient (Wildman–Crippen LogP) is 1.50. The minimum atomic E-state index is -0.703. The number of nitrogens with one attached hydrogen (secondary N) is 1. The van der Waals surface area contributed by atoms with Crippen molar-refractivity contribution in [1.82, 2.24) is 19.7 Å². The fraction of sp³-hybridized carbons (Fsp3) is 0.333. The SMILES string of the molecule is C=CC(=O)N1CCC(C(=O)Nc2nncn2C)(c2ccccc2)CC1. The smallest absolute Gasteiger partial charge is 0.245 e. The Labute approximate surface area is 146 Å². The molecule has 25 heavy (non-hydrogen) atoms. The quantitative estimate of drug-likeness (QED) is 0.856. The van der Waals surface area contributed by atoms with Crippen LogP contribution >= 0.6 is 0 Å². The van der Waals surface area contributed by atoms with Gasteiger partial charge in [0.15, 0.2) is 0 Å². The van der Waals surface area contributed by atoms with Gasteiger partial charge in [-0.2, -0.15) is 0 Å². The molecule has 1 saturated heterocycles. The van der Waals surface area contributed by atoms with E-state index in [4.69, 9.17) is 0 Å². The van der Waals surface area contributed by atoms with E-state index in [1.165, 1.54) is 12.4 Å². The van der Waals surface area contributed by atoms with Crippen molar-refractivity contribution in [2.24, 2.45) is 7.05 Å². The summed E-state index contributed by atoms with van der Waals surface area (Å²) in [6.07, 6.45) is 3.94. The van der Waals surface area contributed by atoms with Crippen LogP contribution in [0.2, 0.25) is 0 Å². The number of hydrogen-bond acceptors (Lipinski definition) is 4. The van der Waals surface area contributed by atoms with Crippen LogP contribution in [-0.2, 0) is 22.1 Å². The average Bonchev–Trinajstić information content (AvgIpc) is 3.06. The molecule has 130 valence electrons. The van der Waals surface area contributed by atoms with Crippen molar-refractivity contribution >= 4 is 17.8 Å². The number of aryl methyl sites for hydroxylation is 1. The van der Waals surface area contributed by atoms with Crippen molar-refractivity contribution in [3.8, 4) is 0 Å². The molecule has 1 fully saturated rings. The normalized spacial score (nSPS) is 16.3. The van der Waals surface area contributed by atoms with E-state index < -0.39 is 5.41 Å². The predicted molar refractivity (Wildman–Crippen MR) is 93.8 cm³/mol. The Balaban J connectivity index is 1.89. The Morgan fingerprint density at radius 2 is 1.92 bits per heavy atom. The number of carbonyl (C=O) groups is 2. The van der Waals surface area contributed by atoms with Gasteiger partial charge < -0.3 is 9.47 Å².